The summed E-state index contributed by atoms with van der Waals surface area (Å²) < 4.78 is 6.63. The zero-order valence-corrected chi connectivity index (χ0v) is 26.2. The van der Waals surface area contributed by atoms with Gasteiger partial charge in [-0.15, -0.1) is 0 Å². The Kier molecular flexibility index (Phi) is 10.0. The van der Waals surface area contributed by atoms with Crippen LogP contribution in [-0.4, -0.2) is 71.5 Å². The van der Waals surface area contributed by atoms with Crippen LogP contribution in [0.15, 0.2) is 66.7 Å². The van der Waals surface area contributed by atoms with E-state index in [0.717, 1.165) is 18.4 Å². The van der Waals surface area contributed by atoms with E-state index in [-0.39, 0.29) is 54.7 Å². The number of anilines is 3. The number of nitrogens with zero attached hydrogens (tertiary/aromatic N) is 2. The number of benzene rings is 3. The zero-order chi connectivity index (χ0) is 32.1. The van der Waals surface area contributed by atoms with Crippen LogP contribution < -0.4 is 21.1 Å². The number of carbonyl (C=O) groups excluding carboxylic acids is 3. The van der Waals surface area contributed by atoms with Crippen molar-refractivity contribution in [2.75, 3.05) is 43.1 Å². The molecular weight excluding hydrogens is 570 g/mol. The third-order valence-corrected chi connectivity index (χ3v) is 8.50. The molecule has 5 N–H and O–H groups in total. The largest absolute Gasteiger partial charge is 0.488 e. The number of nitrogens with one attached hydrogen (secondary N) is 2. The fourth-order valence-corrected chi connectivity index (χ4v) is 5.57. The maximum absolute atomic E-state index is 13.5. The van der Waals surface area contributed by atoms with Gasteiger partial charge in [0, 0.05) is 48.3 Å². The molecule has 0 saturated heterocycles. The molecule has 5 rings (SSSR count). The van der Waals surface area contributed by atoms with Crippen LogP contribution in [0.2, 0.25) is 0 Å². The second-order valence-electron chi connectivity index (χ2n) is 12.4. The summed E-state index contributed by atoms with van der Waals surface area (Å²) in [5, 5.41) is 15.7. The first-order valence-corrected chi connectivity index (χ1v) is 15.6. The van der Waals surface area contributed by atoms with Crippen LogP contribution in [0.3, 0.4) is 0 Å². The molecule has 1 aliphatic heterocycles. The summed E-state index contributed by atoms with van der Waals surface area (Å²) in [6.45, 7) is 5.40. The highest BCUT2D eigenvalue weighted by molar-refractivity contribution is 6.05. The standard InChI is InChI=1S/C35H43N5O5/c1-22-18-40(23(2)21-41)33(42)17-27-16-28(37-34(43)26-12-13-26)14-15-31(27)45-32(22)20-39(3)19-24-8-10-25(11-9-24)35(44)38-30-7-5-4-6-29(30)36/h4-11,14-16,22-23,26,32,41H,12-13,17-21,36H2,1-3H3,(H,37,43)(H,38,44)/t22-,23+,32+/m1/s1. The minimum Gasteiger partial charge on any atom is -0.488 e. The number of nitrogen functional groups attached to an aromatic ring is 1. The van der Waals surface area contributed by atoms with Crippen LogP contribution in [0.4, 0.5) is 17.1 Å². The molecule has 3 aromatic carbocycles. The Balaban J connectivity index is 1.29. The Hall–Kier alpha value is -4.41. The van der Waals surface area contributed by atoms with Crippen molar-refractivity contribution in [2.24, 2.45) is 11.8 Å². The van der Waals surface area contributed by atoms with Crippen molar-refractivity contribution in [3.8, 4) is 5.75 Å². The molecule has 10 nitrogen and oxygen atoms in total. The Labute approximate surface area is 264 Å². The molecule has 3 amide bonds. The molecule has 0 unspecified atom stereocenters. The van der Waals surface area contributed by atoms with E-state index in [1.165, 1.54) is 0 Å². The summed E-state index contributed by atoms with van der Waals surface area (Å²) in [5.41, 5.74) is 9.96. The molecule has 238 valence electrons. The van der Waals surface area contributed by atoms with Gasteiger partial charge in [0.05, 0.1) is 30.4 Å². The Morgan fingerprint density at radius 1 is 1.09 bits per heavy atom. The van der Waals surface area contributed by atoms with Gasteiger partial charge in [-0.05, 0) is 74.8 Å². The third-order valence-electron chi connectivity index (χ3n) is 8.50. The molecule has 0 radical (unpaired) electrons. The lowest BCUT2D eigenvalue weighted by Gasteiger charge is -2.34. The lowest BCUT2D eigenvalue weighted by atomic mass is 10.0. The van der Waals surface area contributed by atoms with Crippen molar-refractivity contribution in [1.82, 2.24) is 9.80 Å². The predicted octanol–water partition coefficient (Wildman–Crippen LogP) is 4.15. The number of hydrogen-bond acceptors (Lipinski definition) is 7. The maximum atomic E-state index is 13.5. The summed E-state index contributed by atoms with van der Waals surface area (Å²) in [5.74, 6) is 0.325. The molecule has 2 aliphatic rings. The number of fused-ring (bicyclic) bond motifs is 1. The third kappa shape index (κ3) is 8.20. The molecule has 0 spiro atoms. The number of hydrogen-bond donors (Lipinski definition) is 4. The quantitative estimate of drug-likeness (QED) is 0.252. The van der Waals surface area contributed by atoms with Crippen LogP contribution in [0.5, 0.6) is 5.75 Å². The van der Waals surface area contributed by atoms with Gasteiger partial charge in [0.1, 0.15) is 11.9 Å². The molecule has 1 fully saturated rings. The minimum atomic E-state index is -0.341. The van der Waals surface area contributed by atoms with Gasteiger partial charge in [-0.2, -0.15) is 0 Å². The van der Waals surface area contributed by atoms with E-state index in [4.69, 9.17) is 10.5 Å². The SMILES string of the molecule is C[C@@H]1CN([C@@H](C)CO)C(=O)Cc2cc(NC(=O)C3CC3)ccc2O[C@H]1CN(C)Cc1ccc(C(=O)Nc2ccccc2N)cc1. The molecule has 0 aromatic heterocycles. The van der Waals surface area contributed by atoms with Gasteiger partial charge in [-0.1, -0.05) is 31.2 Å². The van der Waals surface area contributed by atoms with E-state index in [0.29, 0.717) is 53.6 Å². The first-order valence-electron chi connectivity index (χ1n) is 15.6. The average molecular weight is 614 g/mol. The highest BCUT2D eigenvalue weighted by atomic mass is 16.5. The van der Waals surface area contributed by atoms with E-state index in [1.54, 1.807) is 29.2 Å². The van der Waals surface area contributed by atoms with Gasteiger partial charge in [-0.25, -0.2) is 0 Å². The molecule has 3 aromatic rings. The van der Waals surface area contributed by atoms with Crippen LogP contribution >= 0.6 is 0 Å². The molecule has 3 atom stereocenters. The first-order chi connectivity index (χ1) is 21.6. The molecule has 45 heavy (non-hydrogen) atoms. The Morgan fingerprint density at radius 2 is 1.82 bits per heavy atom. The van der Waals surface area contributed by atoms with Gasteiger partial charge in [0.15, 0.2) is 0 Å². The number of carbonyl (C=O) groups is 3. The van der Waals surface area contributed by atoms with E-state index in [9.17, 15) is 19.5 Å². The van der Waals surface area contributed by atoms with E-state index in [1.807, 2.05) is 56.4 Å². The number of rotatable bonds is 10. The lowest BCUT2D eigenvalue weighted by Crippen LogP contribution is -2.47. The van der Waals surface area contributed by atoms with Crippen LogP contribution in [0.1, 0.15) is 48.2 Å². The highest BCUT2D eigenvalue weighted by Crippen LogP contribution is 2.32. The second-order valence-corrected chi connectivity index (χ2v) is 12.4. The molecular formula is C35H43N5O5. The first kappa shape index (κ1) is 32.0. The van der Waals surface area contributed by atoms with Crippen molar-refractivity contribution in [1.29, 1.82) is 0 Å². The lowest BCUT2D eigenvalue weighted by molar-refractivity contribution is -0.134. The normalized spacial score (nSPS) is 19.0. The number of para-hydroxylation sites is 2. The van der Waals surface area contributed by atoms with Gasteiger partial charge in [0.25, 0.3) is 5.91 Å². The van der Waals surface area contributed by atoms with E-state index in [2.05, 4.69) is 22.5 Å². The van der Waals surface area contributed by atoms with E-state index >= 15 is 0 Å². The fourth-order valence-electron chi connectivity index (χ4n) is 5.57. The Morgan fingerprint density at radius 3 is 2.51 bits per heavy atom. The van der Waals surface area contributed by atoms with Crippen molar-refractivity contribution in [3.63, 3.8) is 0 Å². The molecule has 10 heteroatoms. The predicted molar refractivity (Wildman–Crippen MR) is 175 cm³/mol. The van der Waals surface area contributed by atoms with Gasteiger partial charge < -0.3 is 31.1 Å². The number of nitrogens with two attached hydrogens (primary N) is 1. The molecule has 1 saturated carbocycles. The number of amides is 3. The minimum absolute atomic E-state index is 0.00321. The van der Waals surface area contributed by atoms with Crippen LogP contribution in [0.25, 0.3) is 0 Å². The second kappa shape index (κ2) is 14.1. The summed E-state index contributed by atoms with van der Waals surface area (Å²) in [6, 6.07) is 19.8. The fraction of sp³-hybridized carbons (Fsp3) is 0.400. The van der Waals surface area contributed by atoms with Crippen LogP contribution in [0, 0.1) is 11.8 Å². The van der Waals surface area contributed by atoms with Crippen molar-refractivity contribution in [2.45, 2.75) is 51.8 Å². The maximum Gasteiger partial charge on any atom is 0.255 e. The Bertz CT molecular complexity index is 1520. The monoisotopic (exact) mass is 613 g/mol. The van der Waals surface area contributed by atoms with Crippen molar-refractivity contribution >= 4 is 34.8 Å². The van der Waals surface area contributed by atoms with Gasteiger partial charge in [-0.3, -0.25) is 19.3 Å². The number of aliphatic hydroxyl groups is 1. The van der Waals surface area contributed by atoms with E-state index < -0.39 is 0 Å². The summed E-state index contributed by atoms with van der Waals surface area (Å²) in [6.07, 6.45) is 1.66. The average Bonchev–Trinajstić information content (AvgIpc) is 3.87. The topological polar surface area (TPSA) is 137 Å². The molecule has 1 aliphatic carbocycles. The summed E-state index contributed by atoms with van der Waals surface area (Å²) in [4.78, 5) is 42.5. The summed E-state index contributed by atoms with van der Waals surface area (Å²) in [7, 11) is 2.01. The van der Waals surface area contributed by atoms with Crippen molar-refractivity contribution in [3.05, 3.63) is 83.4 Å². The molecule has 0 bridgehead atoms. The number of likely N-dealkylation sites (N-methyl/N-ethyl adjacent to an activating group) is 1. The summed E-state index contributed by atoms with van der Waals surface area (Å²) >= 11 is 0. The van der Waals surface area contributed by atoms with Gasteiger partial charge in [0.2, 0.25) is 11.8 Å². The van der Waals surface area contributed by atoms with Crippen LogP contribution in [-0.2, 0) is 22.6 Å². The zero-order valence-electron chi connectivity index (χ0n) is 26.2. The number of aliphatic hydroxyl groups excluding tert-OH is 1. The van der Waals surface area contributed by atoms with Crippen molar-refractivity contribution < 1.29 is 24.2 Å². The molecule has 1 heterocycles. The smallest absolute Gasteiger partial charge is 0.255 e. The number of ether oxygens (including phenoxy) is 1. The highest BCUT2D eigenvalue weighted by Gasteiger charge is 2.32. The van der Waals surface area contributed by atoms with Gasteiger partial charge >= 0.3 is 0 Å².